The van der Waals surface area contributed by atoms with Crippen molar-refractivity contribution in [3.63, 3.8) is 0 Å². The number of hydrogen-bond acceptors (Lipinski definition) is 5. The van der Waals surface area contributed by atoms with Crippen LogP contribution in [0.25, 0.3) is 0 Å². The van der Waals surface area contributed by atoms with Gasteiger partial charge in [0.1, 0.15) is 5.75 Å². The summed E-state index contributed by atoms with van der Waals surface area (Å²) < 4.78 is 15.8. The summed E-state index contributed by atoms with van der Waals surface area (Å²) in [4.78, 5) is 14.5. The Morgan fingerprint density at radius 2 is 1.80 bits per heavy atom. The second-order valence-electron chi connectivity index (χ2n) is 4.32. The predicted molar refractivity (Wildman–Crippen MR) is 79.3 cm³/mol. The van der Waals surface area contributed by atoms with Crippen LogP contribution in [0.2, 0.25) is 0 Å². The van der Waals surface area contributed by atoms with E-state index in [1.807, 2.05) is 16.7 Å². The number of rotatable bonds is 4. The maximum Gasteiger partial charge on any atom is 0.257 e. The van der Waals surface area contributed by atoms with Gasteiger partial charge >= 0.3 is 0 Å². The van der Waals surface area contributed by atoms with Gasteiger partial charge in [-0.05, 0) is 6.07 Å². The van der Waals surface area contributed by atoms with Crippen LogP contribution >= 0.6 is 11.8 Å². The number of hydrogen-bond donors (Lipinski definition) is 0. The summed E-state index contributed by atoms with van der Waals surface area (Å²) in [5, 5.41) is 0. The van der Waals surface area contributed by atoms with Crippen molar-refractivity contribution in [2.45, 2.75) is 0 Å². The highest BCUT2D eigenvalue weighted by atomic mass is 32.2. The molecule has 2 rings (SSSR count). The van der Waals surface area contributed by atoms with Gasteiger partial charge < -0.3 is 19.1 Å². The van der Waals surface area contributed by atoms with Gasteiger partial charge in [0.2, 0.25) is 0 Å². The van der Waals surface area contributed by atoms with Crippen molar-refractivity contribution in [2.24, 2.45) is 0 Å². The fraction of sp³-hybridized carbons (Fsp3) is 0.500. The molecule has 0 unspecified atom stereocenters. The third kappa shape index (κ3) is 2.95. The van der Waals surface area contributed by atoms with Crippen LogP contribution in [0.3, 0.4) is 0 Å². The first kappa shape index (κ1) is 14.8. The topological polar surface area (TPSA) is 48.0 Å². The zero-order valence-corrected chi connectivity index (χ0v) is 12.8. The average Bonchev–Trinajstić information content (AvgIpc) is 2.53. The Bertz CT molecular complexity index is 486. The molecule has 1 aliphatic heterocycles. The monoisotopic (exact) mass is 297 g/mol. The largest absolute Gasteiger partial charge is 0.497 e. The lowest BCUT2D eigenvalue weighted by atomic mass is 10.1. The summed E-state index contributed by atoms with van der Waals surface area (Å²) >= 11 is 1.86. The molecule has 0 saturated carbocycles. The van der Waals surface area contributed by atoms with Crippen LogP contribution in [0.4, 0.5) is 0 Å². The molecule has 6 heteroatoms. The molecule has 1 aromatic carbocycles. The highest BCUT2D eigenvalue weighted by Gasteiger charge is 2.24. The van der Waals surface area contributed by atoms with Gasteiger partial charge in [-0.2, -0.15) is 11.8 Å². The number of ether oxygens (including phenoxy) is 3. The Morgan fingerprint density at radius 1 is 1.10 bits per heavy atom. The summed E-state index contributed by atoms with van der Waals surface area (Å²) in [6, 6.07) is 3.41. The molecule has 1 saturated heterocycles. The molecule has 1 aromatic rings. The van der Waals surface area contributed by atoms with Gasteiger partial charge in [-0.1, -0.05) is 0 Å². The van der Waals surface area contributed by atoms with Gasteiger partial charge in [-0.15, -0.1) is 0 Å². The van der Waals surface area contributed by atoms with Gasteiger partial charge in [-0.3, -0.25) is 4.79 Å². The number of carbonyl (C=O) groups is 1. The molecule has 1 fully saturated rings. The second kappa shape index (κ2) is 6.74. The van der Waals surface area contributed by atoms with Gasteiger partial charge in [0.25, 0.3) is 5.91 Å². The standard InChI is InChI=1S/C14H19NO4S/c1-17-10-8-11(13(19-3)12(9-10)18-2)14(16)15-4-6-20-7-5-15/h8-9H,4-7H2,1-3H3. The lowest BCUT2D eigenvalue weighted by Crippen LogP contribution is -2.38. The number of amides is 1. The number of methoxy groups -OCH3 is 3. The Labute approximate surface area is 123 Å². The molecule has 5 nitrogen and oxygen atoms in total. The summed E-state index contributed by atoms with van der Waals surface area (Å²) in [6.07, 6.45) is 0. The number of nitrogens with zero attached hydrogens (tertiary/aromatic N) is 1. The predicted octanol–water partition coefficient (Wildman–Crippen LogP) is 1.90. The van der Waals surface area contributed by atoms with Crippen LogP contribution in [0, 0.1) is 0 Å². The van der Waals surface area contributed by atoms with Gasteiger partial charge in [0, 0.05) is 30.7 Å². The molecule has 20 heavy (non-hydrogen) atoms. The first-order chi connectivity index (χ1) is 9.71. The van der Waals surface area contributed by atoms with E-state index < -0.39 is 0 Å². The molecule has 0 aromatic heterocycles. The van der Waals surface area contributed by atoms with Gasteiger partial charge in [0.15, 0.2) is 11.5 Å². The molecule has 110 valence electrons. The van der Waals surface area contributed by atoms with E-state index in [0.717, 1.165) is 24.6 Å². The van der Waals surface area contributed by atoms with E-state index in [2.05, 4.69) is 0 Å². The van der Waals surface area contributed by atoms with Crippen LogP contribution in [0.5, 0.6) is 17.2 Å². The van der Waals surface area contributed by atoms with Crippen LogP contribution in [0.1, 0.15) is 10.4 Å². The Kier molecular flexibility index (Phi) is 5.00. The summed E-state index contributed by atoms with van der Waals surface area (Å²) in [6.45, 7) is 1.51. The highest BCUT2D eigenvalue weighted by molar-refractivity contribution is 7.99. The van der Waals surface area contributed by atoms with Crippen LogP contribution in [-0.2, 0) is 0 Å². The van der Waals surface area contributed by atoms with Crippen molar-refractivity contribution < 1.29 is 19.0 Å². The molecule has 1 aliphatic rings. The van der Waals surface area contributed by atoms with Crippen LogP contribution in [-0.4, -0.2) is 56.7 Å². The van der Waals surface area contributed by atoms with Crippen molar-refractivity contribution in [3.8, 4) is 17.2 Å². The summed E-state index contributed by atoms with van der Waals surface area (Å²) in [5.74, 6) is 3.43. The fourth-order valence-electron chi connectivity index (χ4n) is 2.15. The quantitative estimate of drug-likeness (QED) is 0.849. The van der Waals surface area contributed by atoms with Gasteiger partial charge in [-0.25, -0.2) is 0 Å². The maximum absolute atomic E-state index is 12.6. The molecule has 0 spiro atoms. The first-order valence-electron chi connectivity index (χ1n) is 6.38. The molecular weight excluding hydrogens is 278 g/mol. The zero-order valence-electron chi connectivity index (χ0n) is 12.0. The first-order valence-corrected chi connectivity index (χ1v) is 7.53. The zero-order chi connectivity index (χ0) is 14.5. The van der Waals surface area contributed by atoms with Crippen molar-refractivity contribution >= 4 is 17.7 Å². The van der Waals surface area contributed by atoms with Crippen LogP contribution in [0.15, 0.2) is 12.1 Å². The van der Waals surface area contributed by atoms with Crippen molar-refractivity contribution in [1.82, 2.24) is 4.90 Å². The molecule has 0 N–H and O–H groups in total. The molecule has 1 heterocycles. The van der Waals surface area contributed by atoms with E-state index in [-0.39, 0.29) is 5.91 Å². The highest BCUT2D eigenvalue weighted by Crippen LogP contribution is 2.36. The van der Waals surface area contributed by atoms with E-state index in [1.165, 1.54) is 7.11 Å². The lowest BCUT2D eigenvalue weighted by molar-refractivity contribution is 0.0768. The van der Waals surface area contributed by atoms with E-state index in [9.17, 15) is 4.79 Å². The van der Waals surface area contributed by atoms with Crippen molar-refractivity contribution in [3.05, 3.63) is 17.7 Å². The maximum atomic E-state index is 12.6. The SMILES string of the molecule is COc1cc(OC)c(OC)c(C(=O)N2CCSCC2)c1. The lowest BCUT2D eigenvalue weighted by Gasteiger charge is -2.27. The normalized spacial score (nSPS) is 14.8. The van der Waals surface area contributed by atoms with Crippen LogP contribution < -0.4 is 14.2 Å². The van der Waals surface area contributed by atoms with E-state index in [1.54, 1.807) is 26.4 Å². The van der Waals surface area contributed by atoms with Gasteiger partial charge in [0.05, 0.1) is 26.9 Å². The second-order valence-corrected chi connectivity index (χ2v) is 5.54. The Hall–Kier alpha value is -1.56. The average molecular weight is 297 g/mol. The molecule has 0 atom stereocenters. The molecule has 0 bridgehead atoms. The molecule has 1 amide bonds. The number of benzene rings is 1. The smallest absolute Gasteiger partial charge is 0.257 e. The Morgan fingerprint density at radius 3 is 2.35 bits per heavy atom. The molecule has 0 radical (unpaired) electrons. The molecule has 0 aliphatic carbocycles. The summed E-state index contributed by atoms with van der Waals surface area (Å²) in [7, 11) is 4.64. The number of thioether (sulfide) groups is 1. The van der Waals surface area contributed by atoms with Crippen molar-refractivity contribution in [1.29, 1.82) is 0 Å². The minimum Gasteiger partial charge on any atom is -0.497 e. The minimum absolute atomic E-state index is 0.0423. The van der Waals surface area contributed by atoms with Crippen molar-refractivity contribution in [2.75, 3.05) is 45.9 Å². The third-order valence-electron chi connectivity index (χ3n) is 3.22. The van der Waals surface area contributed by atoms with E-state index in [0.29, 0.717) is 22.8 Å². The van der Waals surface area contributed by atoms with E-state index >= 15 is 0 Å². The minimum atomic E-state index is -0.0423. The van der Waals surface area contributed by atoms with E-state index in [4.69, 9.17) is 14.2 Å². The molecular formula is C14H19NO4S. The summed E-state index contributed by atoms with van der Waals surface area (Å²) in [5.41, 5.74) is 0.482. The fourth-order valence-corrected chi connectivity index (χ4v) is 3.06. The third-order valence-corrected chi connectivity index (χ3v) is 4.16. The number of carbonyl (C=O) groups excluding carboxylic acids is 1. The Balaban J connectivity index is 2.39.